The fourth-order valence-electron chi connectivity index (χ4n) is 3.94. The maximum Gasteiger partial charge on any atom is 0.285 e. The number of piperidine rings is 1. The maximum atomic E-state index is 12.9. The predicted octanol–water partition coefficient (Wildman–Crippen LogP) is 1.62. The Hall–Kier alpha value is -2.48. The van der Waals surface area contributed by atoms with Gasteiger partial charge in [-0.25, -0.2) is 0 Å². The normalized spacial score (nSPS) is 22.5. The summed E-state index contributed by atoms with van der Waals surface area (Å²) in [6.45, 7) is 4.12. The summed E-state index contributed by atoms with van der Waals surface area (Å²) in [5.41, 5.74) is 0.501. The third kappa shape index (κ3) is 4.44. The Morgan fingerprint density at radius 3 is 2.85 bits per heavy atom. The van der Waals surface area contributed by atoms with Crippen LogP contribution in [0.5, 0.6) is 0 Å². The molecule has 2 aliphatic rings. The predicted molar refractivity (Wildman–Crippen MR) is 100 cm³/mol. The van der Waals surface area contributed by atoms with Crippen molar-refractivity contribution in [1.82, 2.24) is 15.5 Å². The number of aryl methyl sites for hydroxylation is 1. The van der Waals surface area contributed by atoms with Crippen molar-refractivity contribution in [1.29, 1.82) is 0 Å². The second-order valence-electron chi connectivity index (χ2n) is 7.38. The average molecular weight is 374 g/mol. The van der Waals surface area contributed by atoms with Gasteiger partial charge in [-0.3, -0.25) is 19.7 Å². The fourth-order valence-corrected chi connectivity index (χ4v) is 3.94. The summed E-state index contributed by atoms with van der Waals surface area (Å²) in [6.07, 6.45) is 3.63. The number of nitro groups is 1. The summed E-state index contributed by atoms with van der Waals surface area (Å²) in [6, 6.07) is 4.72. The molecule has 2 heterocycles. The lowest BCUT2D eigenvalue weighted by Gasteiger charge is -2.33. The van der Waals surface area contributed by atoms with Gasteiger partial charge in [0.05, 0.1) is 11.0 Å². The lowest BCUT2D eigenvalue weighted by atomic mass is 9.96. The zero-order chi connectivity index (χ0) is 19.4. The SMILES string of the molecule is Cc1cccc(C(=O)N2CCCC(CNC(=O)C3CCCN3)C2)c1[N+](=O)[O-]. The van der Waals surface area contributed by atoms with Crippen molar-refractivity contribution in [2.45, 2.75) is 38.6 Å². The Labute approximate surface area is 158 Å². The van der Waals surface area contributed by atoms with Crippen LogP contribution < -0.4 is 10.6 Å². The lowest BCUT2D eigenvalue weighted by molar-refractivity contribution is -0.385. The molecule has 1 aromatic rings. The number of nitrogens with one attached hydrogen (secondary N) is 2. The molecule has 0 radical (unpaired) electrons. The average Bonchev–Trinajstić information content (AvgIpc) is 3.20. The first-order valence-corrected chi connectivity index (χ1v) is 9.51. The molecule has 0 bridgehead atoms. The molecule has 2 saturated heterocycles. The number of nitro benzene ring substituents is 1. The van der Waals surface area contributed by atoms with E-state index in [1.807, 2.05) is 0 Å². The topological polar surface area (TPSA) is 105 Å². The van der Waals surface area contributed by atoms with E-state index in [4.69, 9.17) is 0 Å². The van der Waals surface area contributed by atoms with E-state index in [2.05, 4.69) is 10.6 Å². The van der Waals surface area contributed by atoms with Gasteiger partial charge in [0.25, 0.3) is 11.6 Å². The van der Waals surface area contributed by atoms with E-state index in [1.165, 1.54) is 6.07 Å². The molecule has 2 fully saturated rings. The monoisotopic (exact) mass is 374 g/mol. The minimum absolute atomic E-state index is 0.0188. The van der Waals surface area contributed by atoms with E-state index >= 15 is 0 Å². The van der Waals surface area contributed by atoms with Crippen LogP contribution in [0.3, 0.4) is 0 Å². The Bertz CT molecular complexity index is 730. The van der Waals surface area contributed by atoms with E-state index in [0.717, 1.165) is 32.2 Å². The number of benzene rings is 1. The van der Waals surface area contributed by atoms with Gasteiger partial charge < -0.3 is 15.5 Å². The number of para-hydroxylation sites is 1. The first-order valence-electron chi connectivity index (χ1n) is 9.51. The van der Waals surface area contributed by atoms with Crippen LogP contribution in [-0.2, 0) is 4.79 Å². The summed E-state index contributed by atoms with van der Waals surface area (Å²) in [5, 5.41) is 17.5. The van der Waals surface area contributed by atoms with Gasteiger partial charge in [-0.1, -0.05) is 12.1 Å². The van der Waals surface area contributed by atoms with E-state index in [-0.39, 0.29) is 35.0 Å². The molecular formula is C19H26N4O4. The summed E-state index contributed by atoms with van der Waals surface area (Å²) in [4.78, 5) is 37.6. The fraction of sp³-hybridized carbons (Fsp3) is 0.579. The van der Waals surface area contributed by atoms with Crippen molar-refractivity contribution in [3.8, 4) is 0 Å². The van der Waals surface area contributed by atoms with Crippen molar-refractivity contribution < 1.29 is 14.5 Å². The van der Waals surface area contributed by atoms with Crippen LogP contribution in [0.2, 0.25) is 0 Å². The molecule has 0 aliphatic carbocycles. The number of carbonyl (C=O) groups is 2. The zero-order valence-electron chi connectivity index (χ0n) is 15.6. The van der Waals surface area contributed by atoms with E-state index < -0.39 is 4.92 Å². The number of rotatable bonds is 5. The zero-order valence-corrected chi connectivity index (χ0v) is 15.6. The van der Waals surface area contributed by atoms with Gasteiger partial charge in [0, 0.05) is 25.2 Å². The molecule has 0 spiro atoms. The first kappa shape index (κ1) is 19.3. The smallest absolute Gasteiger partial charge is 0.285 e. The van der Waals surface area contributed by atoms with Gasteiger partial charge in [0.1, 0.15) is 5.56 Å². The van der Waals surface area contributed by atoms with Gasteiger partial charge in [0.15, 0.2) is 0 Å². The highest BCUT2D eigenvalue weighted by Crippen LogP contribution is 2.26. The molecule has 2 amide bonds. The second-order valence-corrected chi connectivity index (χ2v) is 7.38. The van der Waals surface area contributed by atoms with Crippen molar-refractivity contribution in [3.05, 3.63) is 39.4 Å². The van der Waals surface area contributed by atoms with Gasteiger partial charge >= 0.3 is 0 Å². The van der Waals surface area contributed by atoms with Crippen LogP contribution in [0.1, 0.15) is 41.6 Å². The number of hydrogen-bond donors (Lipinski definition) is 2. The van der Waals surface area contributed by atoms with Crippen LogP contribution >= 0.6 is 0 Å². The first-order chi connectivity index (χ1) is 13.0. The number of amides is 2. The number of nitrogens with zero attached hydrogens (tertiary/aromatic N) is 2. The number of likely N-dealkylation sites (tertiary alicyclic amines) is 1. The minimum Gasteiger partial charge on any atom is -0.354 e. The maximum absolute atomic E-state index is 12.9. The molecule has 2 unspecified atom stereocenters. The number of hydrogen-bond acceptors (Lipinski definition) is 5. The molecule has 146 valence electrons. The highest BCUT2D eigenvalue weighted by molar-refractivity contribution is 5.98. The van der Waals surface area contributed by atoms with Gasteiger partial charge in [0.2, 0.25) is 5.91 Å². The number of carbonyl (C=O) groups excluding carboxylic acids is 2. The summed E-state index contributed by atoms with van der Waals surface area (Å²) in [5.74, 6) is -0.124. The van der Waals surface area contributed by atoms with Gasteiger partial charge in [-0.05, 0) is 51.1 Å². The van der Waals surface area contributed by atoms with Crippen LogP contribution in [0.25, 0.3) is 0 Å². The molecule has 2 N–H and O–H groups in total. The molecule has 8 nitrogen and oxygen atoms in total. The Morgan fingerprint density at radius 1 is 1.33 bits per heavy atom. The molecule has 0 aromatic heterocycles. The molecule has 8 heteroatoms. The van der Waals surface area contributed by atoms with Gasteiger partial charge in [-0.15, -0.1) is 0 Å². The third-order valence-electron chi connectivity index (χ3n) is 5.40. The van der Waals surface area contributed by atoms with Crippen molar-refractivity contribution in [2.75, 3.05) is 26.2 Å². The van der Waals surface area contributed by atoms with Crippen LogP contribution in [0.4, 0.5) is 5.69 Å². The Morgan fingerprint density at radius 2 is 2.15 bits per heavy atom. The highest BCUT2D eigenvalue weighted by atomic mass is 16.6. The molecule has 1 aromatic carbocycles. The summed E-state index contributed by atoms with van der Waals surface area (Å²) >= 11 is 0. The largest absolute Gasteiger partial charge is 0.354 e. The summed E-state index contributed by atoms with van der Waals surface area (Å²) < 4.78 is 0. The molecule has 0 saturated carbocycles. The van der Waals surface area contributed by atoms with Crippen LogP contribution in [0.15, 0.2) is 18.2 Å². The van der Waals surface area contributed by atoms with E-state index in [9.17, 15) is 19.7 Å². The Balaban J connectivity index is 1.62. The van der Waals surface area contributed by atoms with Crippen molar-refractivity contribution in [2.24, 2.45) is 5.92 Å². The molecule has 3 rings (SSSR count). The molecule has 27 heavy (non-hydrogen) atoms. The second kappa shape index (κ2) is 8.47. The highest BCUT2D eigenvalue weighted by Gasteiger charge is 2.30. The molecule has 2 atom stereocenters. The quantitative estimate of drug-likeness (QED) is 0.602. The molecule has 2 aliphatic heterocycles. The van der Waals surface area contributed by atoms with Gasteiger partial charge in [-0.2, -0.15) is 0 Å². The van der Waals surface area contributed by atoms with Crippen LogP contribution in [0, 0.1) is 23.0 Å². The minimum atomic E-state index is -0.487. The molecular weight excluding hydrogens is 348 g/mol. The van der Waals surface area contributed by atoms with Crippen molar-refractivity contribution >= 4 is 17.5 Å². The standard InChI is InChI=1S/C19H26N4O4/c1-13-5-2-7-15(17(13)23(26)27)19(25)22-10-4-6-14(12-22)11-21-18(24)16-8-3-9-20-16/h2,5,7,14,16,20H,3-4,6,8-12H2,1H3,(H,21,24). The van der Waals surface area contributed by atoms with E-state index in [1.54, 1.807) is 24.0 Å². The van der Waals surface area contributed by atoms with Crippen LogP contribution in [-0.4, -0.2) is 53.9 Å². The third-order valence-corrected chi connectivity index (χ3v) is 5.40. The Kier molecular flexibility index (Phi) is 6.05. The lowest BCUT2D eigenvalue weighted by Crippen LogP contribution is -2.46. The summed E-state index contributed by atoms with van der Waals surface area (Å²) in [7, 11) is 0. The van der Waals surface area contributed by atoms with Crippen molar-refractivity contribution in [3.63, 3.8) is 0 Å². The van der Waals surface area contributed by atoms with E-state index in [0.29, 0.717) is 25.2 Å².